The Bertz CT molecular complexity index is 756. The summed E-state index contributed by atoms with van der Waals surface area (Å²) in [5.74, 6) is -2.22. The first-order valence-corrected chi connectivity index (χ1v) is 6.20. The first-order chi connectivity index (χ1) is 10.4. The fraction of sp³-hybridized carbons (Fsp3) is 0.0667. The van der Waals surface area contributed by atoms with Gasteiger partial charge in [-0.1, -0.05) is 18.2 Å². The fourth-order valence-corrected chi connectivity index (χ4v) is 2.25. The van der Waals surface area contributed by atoms with E-state index < -0.39 is 23.8 Å². The van der Waals surface area contributed by atoms with Crippen LogP contribution in [0.25, 0.3) is 0 Å². The SMILES string of the molecule is O=C1C(=O)N(c2ccccc2)c2ccc(OC(F)(F)F)cc21. The standard InChI is InChI=1S/C15H8F3NO3/c16-15(17,18)22-10-6-7-12-11(8-10)13(20)14(21)19(12)9-4-2-1-3-5-9/h1-8H. The molecule has 0 saturated heterocycles. The second kappa shape index (κ2) is 4.87. The number of hydrogen-bond donors (Lipinski definition) is 0. The highest BCUT2D eigenvalue weighted by Crippen LogP contribution is 2.38. The molecule has 1 aliphatic heterocycles. The monoisotopic (exact) mass is 307 g/mol. The van der Waals surface area contributed by atoms with Crippen molar-refractivity contribution in [1.82, 2.24) is 0 Å². The molecule has 22 heavy (non-hydrogen) atoms. The van der Waals surface area contributed by atoms with Gasteiger partial charge in [0, 0.05) is 5.69 Å². The Labute approximate surface area is 122 Å². The van der Waals surface area contributed by atoms with Gasteiger partial charge < -0.3 is 4.74 Å². The summed E-state index contributed by atoms with van der Waals surface area (Å²) < 4.78 is 40.4. The third kappa shape index (κ3) is 2.41. The fourth-order valence-electron chi connectivity index (χ4n) is 2.25. The van der Waals surface area contributed by atoms with Crippen LogP contribution in [0.1, 0.15) is 10.4 Å². The molecule has 0 saturated carbocycles. The number of halogens is 3. The molecule has 0 atom stereocenters. The number of anilines is 2. The van der Waals surface area contributed by atoms with E-state index in [-0.39, 0.29) is 11.3 Å². The molecular formula is C15H8F3NO3. The number of Topliss-reactive ketones (excluding diaryl/α,β-unsaturated/α-hetero) is 1. The average Bonchev–Trinajstić information content (AvgIpc) is 2.70. The second-order valence-electron chi connectivity index (χ2n) is 4.53. The maximum Gasteiger partial charge on any atom is 0.573 e. The number of rotatable bonds is 2. The topological polar surface area (TPSA) is 46.6 Å². The van der Waals surface area contributed by atoms with Gasteiger partial charge in [-0.25, -0.2) is 0 Å². The molecule has 0 bridgehead atoms. The van der Waals surface area contributed by atoms with Crippen LogP contribution in [0.15, 0.2) is 48.5 Å². The molecule has 2 aromatic carbocycles. The molecule has 0 spiro atoms. The summed E-state index contributed by atoms with van der Waals surface area (Å²) in [6.45, 7) is 0. The van der Waals surface area contributed by atoms with Crippen LogP contribution in [0.2, 0.25) is 0 Å². The first kappa shape index (κ1) is 14.1. The summed E-state index contributed by atoms with van der Waals surface area (Å²) in [7, 11) is 0. The predicted octanol–water partition coefficient (Wildman–Crippen LogP) is 3.45. The van der Waals surface area contributed by atoms with Crippen LogP contribution in [0, 0.1) is 0 Å². The largest absolute Gasteiger partial charge is 0.573 e. The lowest BCUT2D eigenvalue weighted by molar-refractivity contribution is -0.274. The molecule has 112 valence electrons. The molecule has 0 radical (unpaired) electrons. The van der Waals surface area contributed by atoms with E-state index in [1.54, 1.807) is 30.3 Å². The van der Waals surface area contributed by atoms with Crippen molar-refractivity contribution in [2.45, 2.75) is 6.36 Å². The van der Waals surface area contributed by atoms with Crippen molar-refractivity contribution < 1.29 is 27.5 Å². The van der Waals surface area contributed by atoms with E-state index in [2.05, 4.69) is 4.74 Å². The van der Waals surface area contributed by atoms with E-state index in [9.17, 15) is 22.8 Å². The van der Waals surface area contributed by atoms with Crippen LogP contribution < -0.4 is 9.64 Å². The molecular weight excluding hydrogens is 299 g/mol. The van der Waals surface area contributed by atoms with Crippen LogP contribution in [0.4, 0.5) is 24.5 Å². The van der Waals surface area contributed by atoms with Crippen molar-refractivity contribution >= 4 is 23.1 Å². The average molecular weight is 307 g/mol. The molecule has 1 aliphatic rings. The molecule has 0 fully saturated rings. The molecule has 0 aromatic heterocycles. The Morgan fingerprint density at radius 2 is 1.64 bits per heavy atom. The minimum Gasteiger partial charge on any atom is -0.406 e. The third-order valence-electron chi connectivity index (χ3n) is 3.10. The summed E-state index contributed by atoms with van der Waals surface area (Å²) in [5.41, 5.74) is 0.579. The molecule has 0 aliphatic carbocycles. The normalized spacial score (nSPS) is 14.2. The predicted molar refractivity (Wildman–Crippen MR) is 71.0 cm³/mol. The van der Waals surface area contributed by atoms with Gasteiger partial charge in [0.15, 0.2) is 0 Å². The number of ketones is 1. The maximum absolute atomic E-state index is 12.2. The molecule has 1 heterocycles. The summed E-state index contributed by atoms with van der Waals surface area (Å²) >= 11 is 0. The van der Waals surface area contributed by atoms with Gasteiger partial charge in [-0.2, -0.15) is 0 Å². The lowest BCUT2D eigenvalue weighted by atomic mass is 10.1. The zero-order chi connectivity index (χ0) is 15.9. The minimum absolute atomic E-state index is 0.115. The lowest BCUT2D eigenvalue weighted by Crippen LogP contribution is -2.24. The number of amides is 1. The van der Waals surface area contributed by atoms with E-state index in [0.717, 1.165) is 17.0 Å². The van der Waals surface area contributed by atoms with Crippen LogP contribution in [0.5, 0.6) is 5.75 Å². The van der Waals surface area contributed by atoms with Crippen LogP contribution >= 0.6 is 0 Å². The zero-order valence-corrected chi connectivity index (χ0v) is 10.9. The summed E-state index contributed by atoms with van der Waals surface area (Å²) in [6, 6.07) is 11.6. The number of fused-ring (bicyclic) bond motifs is 1. The Morgan fingerprint density at radius 3 is 2.27 bits per heavy atom. The van der Waals surface area contributed by atoms with Gasteiger partial charge in [-0.3, -0.25) is 14.5 Å². The van der Waals surface area contributed by atoms with Gasteiger partial charge in [0.2, 0.25) is 0 Å². The smallest absolute Gasteiger partial charge is 0.406 e. The minimum atomic E-state index is -4.86. The quantitative estimate of drug-likeness (QED) is 0.798. The van der Waals surface area contributed by atoms with Gasteiger partial charge in [0.1, 0.15) is 5.75 Å². The molecule has 0 unspecified atom stereocenters. The Balaban J connectivity index is 2.04. The van der Waals surface area contributed by atoms with Crippen molar-refractivity contribution in [1.29, 1.82) is 0 Å². The highest BCUT2D eigenvalue weighted by molar-refractivity contribution is 6.53. The van der Waals surface area contributed by atoms with Crippen molar-refractivity contribution in [2.75, 3.05) is 4.90 Å². The highest BCUT2D eigenvalue weighted by Gasteiger charge is 2.38. The van der Waals surface area contributed by atoms with Gasteiger partial charge in [-0.05, 0) is 30.3 Å². The van der Waals surface area contributed by atoms with Crippen LogP contribution in [-0.2, 0) is 4.79 Å². The maximum atomic E-state index is 12.2. The van der Waals surface area contributed by atoms with Gasteiger partial charge in [0.25, 0.3) is 5.78 Å². The van der Waals surface area contributed by atoms with Crippen molar-refractivity contribution in [3.05, 3.63) is 54.1 Å². The molecule has 7 heteroatoms. The first-order valence-electron chi connectivity index (χ1n) is 6.20. The van der Waals surface area contributed by atoms with Crippen molar-refractivity contribution in [3.8, 4) is 5.75 Å². The highest BCUT2D eigenvalue weighted by atomic mass is 19.4. The molecule has 2 aromatic rings. The molecule has 0 N–H and O–H groups in total. The summed E-state index contributed by atoms with van der Waals surface area (Å²) in [5, 5.41) is 0. The lowest BCUT2D eigenvalue weighted by Gasteiger charge is -2.16. The van der Waals surface area contributed by atoms with E-state index in [4.69, 9.17) is 0 Å². The zero-order valence-electron chi connectivity index (χ0n) is 10.9. The Hall–Kier alpha value is -2.83. The number of carbonyl (C=O) groups is 2. The molecule has 3 rings (SSSR count). The Kier molecular flexibility index (Phi) is 3.13. The van der Waals surface area contributed by atoms with E-state index in [1.165, 1.54) is 6.07 Å². The van der Waals surface area contributed by atoms with Gasteiger partial charge >= 0.3 is 12.3 Å². The van der Waals surface area contributed by atoms with Gasteiger partial charge in [0.05, 0.1) is 11.3 Å². The van der Waals surface area contributed by atoms with Crippen molar-refractivity contribution in [2.24, 2.45) is 0 Å². The van der Waals surface area contributed by atoms with Gasteiger partial charge in [-0.15, -0.1) is 13.2 Å². The number of benzene rings is 2. The molecule has 4 nitrogen and oxygen atoms in total. The molecule has 1 amide bonds. The van der Waals surface area contributed by atoms with E-state index in [1.807, 2.05) is 0 Å². The third-order valence-corrected chi connectivity index (χ3v) is 3.10. The number of carbonyl (C=O) groups excluding carboxylic acids is 2. The van der Waals surface area contributed by atoms with E-state index >= 15 is 0 Å². The van der Waals surface area contributed by atoms with Crippen molar-refractivity contribution in [3.63, 3.8) is 0 Å². The summed E-state index contributed by atoms with van der Waals surface area (Å²) in [6.07, 6.45) is -4.86. The number of nitrogens with zero attached hydrogens (tertiary/aromatic N) is 1. The number of alkyl halides is 3. The van der Waals surface area contributed by atoms with Crippen LogP contribution in [-0.4, -0.2) is 18.1 Å². The number of hydrogen-bond acceptors (Lipinski definition) is 3. The number of para-hydroxylation sites is 1. The number of ether oxygens (including phenoxy) is 1. The second-order valence-corrected chi connectivity index (χ2v) is 4.53. The summed E-state index contributed by atoms with van der Waals surface area (Å²) in [4.78, 5) is 25.2. The van der Waals surface area contributed by atoms with E-state index in [0.29, 0.717) is 5.69 Å². The van der Waals surface area contributed by atoms with Crippen LogP contribution in [0.3, 0.4) is 0 Å². The Morgan fingerprint density at radius 1 is 0.955 bits per heavy atom.